The van der Waals surface area contributed by atoms with E-state index in [1.807, 2.05) is 26.8 Å². The molecule has 0 atom stereocenters. The Balaban J connectivity index is 1.85. The standard InChI is InChI=1S/C19H29ClN4O3S/c1-4-26-17-12-15(11-16(20)18(17)27-14(2)3)13-22-23-19(28)21-5-6-24-7-9-25-10-8-24/h11-14H,4-10H2,1-3H3,(H2,21,23,28)/b22-13+. The summed E-state index contributed by atoms with van der Waals surface area (Å²) in [5.41, 5.74) is 3.60. The zero-order valence-electron chi connectivity index (χ0n) is 16.7. The molecule has 0 aliphatic carbocycles. The van der Waals surface area contributed by atoms with E-state index in [1.54, 1.807) is 12.3 Å². The van der Waals surface area contributed by atoms with Gasteiger partial charge in [-0.3, -0.25) is 10.3 Å². The van der Waals surface area contributed by atoms with E-state index >= 15 is 0 Å². The van der Waals surface area contributed by atoms with Crippen molar-refractivity contribution in [3.63, 3.8) is 0 Å². The van der Waals surface area contributed by atoms with Gasteiger partial charge in [0.05, 0.1) is 37.2 Å². The van der Waals surface area contributed by atoms with Gasteiger partial charge in [0.2, 0.25) is 0 Å². The molecule has 1 aromatic rings. The third-order valence-corrected chi connectivity index (χ3v) is 4.40. The van der Waals surface area contributed by atoms with Crippen LogP contribution in [-0.2, 0) is 4.74 Å². The van der Waals surface area contributed by atoms with E-state index in [1.165, 1.54) is 0 Å². The molecule has 0 saturated carbocycles. The number of hydrogen-bond donors (Lipinski definition) is 2. The highest BCUT2D eigenvalue weighted by Gasteiger charge is 2.13. The second-order valence-corrected chi connectivity index (χ2v) is 7.32. The second-order valence-electron chi connectivity index (χ2n) is 6.51. The van der Waals surface area contributed by atoms with E-state index in [0.717, 1.165) is 45.0 Å². The Morgan fingerprint density at radius 2 is 2.14 bits per heavy atom. The number of hydrogen-bond acceptors (Lipinski definition) is 6. The van der Waals surface area contributed by atoms with Crippen LogP contribution < -0.4 is 20.2 Å². The number of benzene rings is 1. The molecular weight excluding hydrogens is 400 g/mol. The highest BCUT2D eigenvalue weighted by atomic mass is 35.5. The Hall–Kier alpha value is -1.61. The van der Waals surface area contributed by atoms with Gasteiger partial charge in [-0.1, -0.05) is 11.6 Å². The number of ether oxygens (including phenoxy) is 3. The highest BCUT2D eigenvalue weighted by molar-refractivity contribution is 7.80. The van der Waals surface area contributed by atoms with Crippen molar-refractivity contribution in [2.45, 2.75) is 26.9 Å². The number of rotatable bonds is 9. The molecule has 0 spiro atoms. The van der Waals surface area contributed by atoms with Gasteiger partial charge in [0.1, 0.15) is 0 Å². The van der Waals surface area contributed by atoms with Crippen molar-refractivity contribution in [3.05, 3.63) is 22.7 Å². The minimum atomic E-state index is -0.00111. The van der Waals surface area contributed by atoms with Gasteiger partial charge < -0.3 is 19.5 Å². The molecule has 2 rings (SSSR count). The summed E-state index contributed by atoms with van der Waals surface area (Å²) in [6.07, 6.45) is 1.64. The molecule has 1 fully saturated rings. The Labute approximate surface area is 177 Å². The first-order valence-corrected chi connectivity index (χ1v) is 10.3. The summed E-state index contributed by atoms with van der Waals surface area (Å²) in [7, 11) is 0. The predicted octanol–water partition coefficient (Wildman–Crippen LogP) is 2.66. The van der Waals surface area contributed by atoms with Crippen LogP contribution in [0.2, 0.25) is 5.02 Å². The predicted molar refractivity (Wildman–Crippen MR) is 117 cm³/mol. The van der Waals surface area contributed by atoms with Gasteiger partial charge in [-0.2, -0.15) is 5.10 Å². The quantitative estimate of drug-likeness (QED) is 0.356. The van der Waals surface area contributed by atoms with Gasteiger partial charge in [0.25, 0.3) is 0 Å². The molecule has 1 aliphatic heterocycles. The van der Waals surface area contributed by atoms with Crippen molar-refractivity contribution in [1.29, 1.82) is 0 Å². The van der Waals surface area contributed by atoms with Gasteiger partial charge in [0, 0.05) is 26.2 Å². The molecule has 1 aromatic carbocycles. The molecular formula is C19H29ClN4O3S. The first kappa shape index (κ1) is 22.7. The normalized spacial score (nSPS) is 15.0. The van der Waals surface area contributed by atoms with Crippen LogP contribution in [0.25, 0.3) is 0 Å². The van der Waals surface area contributed by atoms with Gasteiger partial charge >= 0.3 is 0 Å². The van der Waals surface area contributed by atoms with Crippen LogP contribution in [-0.4, -0.2) is 68.3 Å². The SMILES string of the molecule is CCOc1cc(/C=N/NC(=S)NCCN2CCOCC2)cc(Cl)c1OC(C)C. The van der Waals surface area contributed by atoms with E-state index < -0.39 is 0 Å². The molecule has 0 bridgehead atoms. The van der Waals surface area contributed by atoms with Gasteiger partial charge in [-0.25, -0.2) is 0 Å². The van der Waals surface area contributed by atoms with Crippen LogP contribution in [0, 0.1) is 0 Å². The molecule has 28 heavy (non-hydrogen) atoms. The highest BCUT2D eigenvalue weighted by Crippen LogP contribution is 2.37. The lowest BCUT2D eigenvalue weighted by Gasteiger charge is -2.26. The molecule has 1 aliphatic rings. The van der Waals surface area contributed by atoms with E-state index in [-0.39, 0.29) is 6.10 Å². The average molecular weight is 429 g/mol. The molecule has 7 nitrogen and oxygen atoms in total. The second kappa shape index (κ2) is 12.1. The number of nitrogens with one attached hydrogen (secondary N) is 2. The van der Waals surface area contributed by atoms with E-state index in [2.05, 4.69) is 20.7 Å². The van der Waals surface area contributed by atoms with Crippen molar-refractivity contribution >= 4 is 35.1 Å². The van der Waals surface area contributed by atoms with Crippen molar-refractivity contribution in [2.75, 3.05) is 46.0 Å². The van der Waals surface area contributed by atoms with Crippen LogP contribution in [0.1, 0.15) is 26.3 Å². The minimum Gasteiger partial charge on any atom is -0.490 e. The Kier molecular flexibility index (Phi) is 9.77. The summed E-state index contributed by atoms with van der Waals surface area (Å²) < 4.78 is 16.8. The minimum absolute atomic E-state index is 0.00111. The maximum atomic E-state index is 6.36. The molecule has 0 radical (unpaired) electrons. The zero-order valence-corrected chi connectivity index (χ0v) is 18.2. The number of thiocarbonyl (C=S) groups is 1. The fourth-order valence-electron chi connectivity index (χ4n) is 2.63. The molecule has 0 amide bonds. The van der Waals surface area contributed by atoms with Crippen LogP contribution >= 0.6 is 23.8 Å². The summed E-state index contributed by atoms with van der Waals surface area (Å²) in [5.74, 6) is 1.14. The fourth-order valence-corrected chi connectivity index (χ4v) is 3.05. The summed E-state index contributed by atoms with van der Waals surface area (Å²) in [6.45, 7) is 11.5. The number of nitrogens with zero attached hydrogens (tertiary/aromatic N) is 2. The lowest BCUT2D eigenvalue weighted by atomic mass is 10.2. The van der Waals surface area contributed by atoms with E-state index in [9.17, 15) is 0 Å². The van der Waals surface area contributed by atoms with Crippen LogP contribution in [0.3, 0.4) is 0 Å². The van der Waals surface area contributed by atoms with Gasteiger partial charge in [-0.05, 0) is 50.7 Å². The first-order chi connectivity index (χ1) is 13.5. The van der Waals surface area contributed by atoms with Crippen molar-refractivity contribution in [3.8, 4) is 11.5 Å². The number of hydrazone groups is 1. The Bertz CT molecular complexity index is 667. The fraction of sp³-hybridized carbons (Fsp3) is 0.579. The zero-order chi connectivity index (χ0) is 20.4. The van der Waals surface area contributed by atoms with Crippen LogP contribution in [0.4, 0.5) is 0 Å². The molecule has 1 saturated heterocycles. The van der Waals surface area contributed by atoms with Gasteiger partial charge in [0.15, 0.2) is 16.6 Å². The monoisotopic (exact) mass is 428 g/mol. The molecule has 1 heterocycles. The van der Waals surface area contributed by atoms with Crippen molar-refractivity contribution < 1.29 is 14.2 Å². The number of halogens is 1. The van der Waals surface area contributed by atoms with Crippen molar-refractivity contribution in [2.24, 2.45) is 5.10 Å². The topological polar surface area (TPSA) is 67.4 Å². The van der Waals surface area contributed by atoms with E-state index in [0.29, 0.717) is 28.2 Å². The number of morpholine rings is 1. The van der Waals surface area contributed by atoms with Crippen LogP contribution in [0.5, 0.6) is 11.5 Å². The summed E-state index contributed by atoms with van der Waals surface area (Å²) in [4.78, 5) is 2.33. The smallest absolute Gasteiger partial charge is 0.187 e. The summed E-state index contributed by atoms with van der Waals surface area (Å²) in [5, 5.41) is 8.27. The molecule has 0 aromatic heterocycles. The molecule has 0 unspecified atom stereocenters. The lowest BCUT2D eigenvalue weighted by molar-refractivity contribution is 0.0389. The maximum Gasteiger partial charge on any atom is 0.187 e. The molecule has 156 valence electrons. The third kappa shape index (κ3) is 7.79. The van der Waals surface area contributed by atoms with Gasteiger partial charge in [-0.15, -0.1) is 0 Å². The third-order valence-electron chi connectivity index (χ3n) is 3.88. The Morgan fingerprint density at radius 1 is 1.39 bits per heavy atom. The first-order valence-electron chi connectivity index (χ1n) is 9.49. The molecule has 2 N–H and O–H groups in total. The maximum absolute atomic E-state index is 6.36. The lowest BCUT2D eigenvalue weighted by Crippen LogP contribution is -2.42. The van der Waals surface area contributed by atoms with Crippen LogP contribution in [0.15, 0.2) is 17.2 Å². The Morgan fingerprint density at radius 3 is 2.82 bits per heavy atom. The average Bonchev–Trinajstić information content (AvgIpc) is 2.65. The summed E-state index contributed by atoms with van der Waals surface area (Å²) >= 11 is 11.6. The van der Waals surface area contributed by atoms with Crippen molar-refractivity contribution in [1.82, 2.24) is 15.6 Å². The summed E-state index contributed by atoms with van der Waals surface area (Å²) in [6, 6.07) is 3.62. The largest absolute Gasteiger partial charge is 0.490 e. The van der Waals surface area contributed by atoms with E-state index in [4.69, 9.17) is 38.0 Å². The molecule has 9 heteroatoms.